The molecule has 2 rings (SSSR count). The van der Waals surface area contributed by atoms with Gasteiger partial charge in [-0.1, -0.05) is 31.5 Å². The van der Waals surface area contributed by atoms with Gasteiger partial charge in [0, 0.05) is 12.1 Å². The van der Waals surface area contributed by atoms with Crippen LogP contribution in [0.5, 0.6) is 17.2 Å². The minimum absolute atomic E-state index is 0.0368. The second-order valence-electron chi connectivity index (χ2n) is 7.73. The fourth-order valence-electron chi connectivity index (χ4n) is 2.83. The van der Waals surface area contributed by atoms with Gasteiger partial charge in [-0.2, -0.15) is 5.26 Å². The number of esters is 1. The van der Waals surface area contributed by atoms with Crippen LogP contribution in [0, 0.1) is 11.3 Å². The lowest BCUT2D eigenvalue weighted by Gasteiger charge is -2.10. The van der Waals surface area contributed by atoms with Gasteiger partial charge in [0.25, 0.3) is 5.91 Å². The van der Waals surface area contributed by atoms with E-state index in [1.54, 1.807) is 24.3 Å². The number of nitrogens with zero attached hydrogens (tertiary/aromatic N) is 1. The van der Waals surface area contributed by atoms with Crippen LogP contribution in [0.1, 0.15) is 44.7 Å². The highest BCUT2D eigenvalue weighted by molar-refractivity contribution is 6.01. The van der Waals surface area contributed by atoms with E-state index < -0.39 is 11.9 Å². The molecule has 0 aliphatic rings. The SMILES string of the molecule is CCCCOc1ccc(/C=C/C(=O)Oc2ccc(/C=C(\C#N)C(=O)NC(C)C)cc2OC)cc1. The topological polar surface area (TPSA) is 97.7 Å². The van der Waals surface area contributed by atoms with Crippen molar-refractivity contribution >= 4 is 24.0 Å². The Morgan fingerprint density at radius 3 is 2.41 bits per heavy atom. The number of amides is 1. The minimum Gasteiger partial charge on any atom is -0.494 e. The highest BCUT2D eigenvalue weighted by Crippen LogP contribution is 2.29. The zero-order valence-electron chi connectivity index (χ0n) is 20.0. The van der Waals surface area contributed by atoms with E-state index in [9.17, 15) is 14.9 Å². The lowest BCUT2D eigenvalue weighted by atomic mass is 10.1. The van der Waals surface area contributed by atoms with E-state index in [0.29, 0.717) is 17.9 Å². The summed E-state index contributed by atoms with van der Waals surface area (Å²) in [6.07, 6.45) is 6.49. The van der Waals surface area contributed by atoms with Gasteiger partial charge in [0.15, 0.2) is 11.5 Å². The number of unbranched alkanes of at least 4 members (excludes halogenated alkanes) is 1. The van der Waals surface area contributed by atoms with E-state index in [1.807, 2.05) is 44.2 Å². The first kappa shape index (κ1) is 26.2. The van der Waals surface area contributed by atoms with Crippen molar-refractivity contribution in [2.75, 3.05) is 13.7 Å². The number of carbonyl (C=O) groups is 2. The maximum Gasteiger partial charge on any atom is 0.336 e. The van der Waals surface area contributed by atoms with Gasteiger partial charge in [-0.25, -0.2) is 4.79 Å². The van der Waals surface area contributed by atoms with Crippen molar-refractivity contribution in [1.82, 2.24) is 5.32 Å². The predicted molar refractivity (Wildman–Crippen MR) is 131 cm³/mol. The summed E-state index contributed by atoms with van der Waals surface area (Å²) in [5.74, 6) is 0.273. The standard InChI is InChI=1S/C27H30N2O5/c1-5-6-15-33-23-11-7-20(8-12-23)10-14-26(30)34-24-13-9-21(17-25(24)32-4)16-22(18-28)27(31)29-19(2)3/h7-14,16-17,19H,5-6,15H2,1-4H3,(H,29,31)/b14-10+,22-16+. The molecule has 7 nitrogen and oxygen atoms in total. The lowest BCUT2D eigenvalue weighted by molar-refractivity contribution is -0.129. The van der Waals surface area contributed by atoms with Crippen molar-refractivity contribution in [1.29, 1.82) is 5.26 Å². The average molecular weight is 463 g/mol. The molecule has 2 aromatic rings. The first-order valence-electron chi connectivity index (χ1n) is 11.1. The molecule has 0 saturated heterocycles. The summed E-state index contributed by atoms with van der Waals surface area (Å²) >= 11 is 0. The molecule has 0 aromatic heterocycles. The van der Waals surface area contributed by atoms with Gasteiger partial charge in [-0.3, -0.25) is 4.79 Å². The van der Waals surface area contributed by atoms with Gasteiger partial charge in [-0.05, 0) is 67.8 Å². The number of nitrogens with one attached hydrogen (secondary N) is 1. The second-order valence-corrected chi connectivity index (χ2v) is 7.73. The lowest BCUT2D eigenvalue weighted by Crippen LogP contribution is -2.30. The first-order valence-corrected chi connectivity index (χ1v) is 11.1. The Kier molecular flexibility index (Phi) is 10.4. The van der Waals surface area contributed by atoms with Gasteiger partial charge < -0.3 is 19.5 Å². The molecule has 0 fully saturated rings. The van der Waals surface area contributed by atoms with Crippen molar-refractivity contribution in [3.05, 3.63) is 65.2 Å². The van der Waals surface area contributed by atoms with Crippen molar-refractivity contribution in [3.8, 4) is 23.3 Å². The molecule has 7 heteroatoms. The van der Waals surface area contributed by atoms with Crippen LogP contribution >= 0.6 is 0 Å². The van der Waals surface area contributed by atoms with E-state index in [0.717, 1.165) is 24.2 Å². The van der Waals surface area contributed by atoms with Gasteiger partial charge >= 0.3 is 5.97 Å². The third-order valence-corrected chi connectivity index (χ3v) is 4.55. The zero-order valence-corrected chi connectivity index (χ0v) is 20.0. The van der Waals surface area contributed by atoms with Crippen molar-refractivity contribution < 1.29 is 23.8 Å². The molecule has 34 heavy (non-hydrogen) atoms. The first-order chi connectivity index (χ1) is 16.4. The summed E-state index contributed by atoms with van der Waals surface area (Å²) in [6, 6.07) is 14.0. The van der Waals surface area contributed by atoms with E-state index in [4.69, 9.17) is 14.2 Å². The highest BCUT2D eigenvalue weighted by atomic mass is 16.6. The largest absolute Gasteiger partial charge is 0.494 e. The van der Waals surface area contributed by atoms with Crippen molar-refractivity contribution in [2.24, 2.45) is 0 Å². The van der Waals surface area contributed by atoms with E-state index in [2.05, 4.69) is 12.2 Å². The number of hydrogen-bond acceptors (Lipinski definition) is 6. The summed E-state index contributed by atoms with van der Waals surface area (Å²) in [4.78, 5) is 24.4. The second kappa shape index (κ2) is 13.5. The molecule has 0 spiro atoms. The third-order valence-electron chi connectivity index (χ3n) is 4.55. The number of carbonyl (C=O) groups excluding carboxylic acids is 2. The molecule has 0 unspecified atom stereocenters. The average Bonchev–Trinajstić information content (AvgIpc) is 2.82. The molecule has 0 aliphatic heterocycles. The molecular formula is C27H30N2O5. The van der Waals surface area contributed by atoms with Crippen LogP contribution in [0.25, 0.3) is 12.2 Å². The third kappa shape index (κ3) is 8.47. The van der Waals surface area contributed by atoms with Crippen molar-refractivity contribution in [3.63, 3.8) is 0 Å². The number of ether oxygens (including phenoxy) is 3. The Morgan fingerprint density at radius 2 is 1.79 bits per heavy atom. The fraction of sp³-hybridized carbons (Fsp3) is 0.296. The Bertz CT molecular complexity index is 1080. The summed E-state index contributed by atoms with van der Waals surface area (Å²) in [7, 11) is 1.44. The Labute approximate surface area is 200 Å². The van der Waals surface area contributed by atoms with Crippen LogP contribution < -0.4 is 19.5 Å². The van der Waals surface area contributed by atoms with Crippen LogP contribution in [-0.2, 0) is 9.59 Å². The summed E-state index contributed by atoms with van der Waals surface area (Å²) < 4.78 is 16.3. The predicted octanol–water partition coefficient (Wildman–Crippen LogP) is 4.92. The summed E-state index contributed by atoms with van der Waals surface area (Å²) in [6.45, 7) is 6.41. The Morgan fingerprint density at radius 1 is 1.09 bits per heavy atom. The molecule has 0 aliphatic carbocycles. The summed E-state index contributed by atoms with van der Waals surface area (Å²) in [5, 5.41) is 12.0. The molecule has 0 heterocycles. The monoisotopic (exact) mass is 462 g/mol. The normalized spacial score (nSPS) is 11.2. The Hall–Kier alpha value is -4.05. The molecule has 178 valence electrons. The summed E-state index contributed by atoms with van der Waals surface area (Å²) in [5.41, 5.74) is 1.35. The number of nitriles is 1. The Balaban J connectivity index is 2.06. The molecule has 0 saturated carbocycles. The van der Waals surface area contributed by atoms with Gasteiger partial charge in [0.1, 0.15) is 17.4 Å². The number of hydrogen-bond donors (Lipinski definition) is 1. The highest BCUT2D eigenvalue weighted by Gasteiger charge is 2.12. The number of methoxy groups -OCH3 is 1. The fourth-order valence-corrected chi connectivity index (χ4v) is 2.83. The molecule has 0 atom stereocenters. The van der Waals surface area contributed by atoms with Crippen LogP contribution in [0.4, 0.5) is 0 Å². The number of rotatable bonds is 11. The number of benzene rings is 2. The van der Waals surface area contributed by atoms with Gasteiger partial charge in [0.05, 0.1) is 13.7 Å². The van der Waals surface area contributed by atoms with Crippen LogP contribution in [0.2, 0.25) is 0 Å². The van der Waals surface area contributed by atoms with Crippen LogP contribution in [0.3, 0.4) is 0 Å². The van der Waals surface area contributed by atoms with Crippen LogP contribution in [-0.4, -0.2) is 31.6 Å². The van der Waals surface area contributed by atoms with Gasteiger partial charge in [-0.15, -0.1) is 0 Å². The van der Waals surface area contributed by atoms with E-state index >= 15 is 0 Å². The molecule has 0 bridgehead atoms. The maximum absolute atomic E-state index is 12.3. The maximum atomic E-state index is 12.3. The van der Waals surface area contributed by atoms with Crippen LogP contribution in [0.15, 0.2) is 54.1 Å². The van der Waals surface area contributed by atoms with Gasteiger partial charge in [0.2, 0.25) is 0 Å². The zero-order chi connectivity index (χ0) is 24.9. The smallest absolute Gasteiger partial charge is 0.336 e. The molecule has 0 radical (unpaired) electrons. The molecule has 1 amide bonds. The molecular weight excluding hydrogens is 432 g/mol. The minimum atomic E-state index is -0.570. The quantitative estimate of drug-likeness (QED) is 0.167. The molecule has 1 N–H and O–H groups in total. The van der Waals surface area contributed by atoms with Crippen molar-refractivity contribution in [2.45, 2.75) is 39.7 Å². The molecule has 2 aromatic carbocycles. The van der Waals surface area contributed by atoms with E-state index in [-0.39, 0.29) is 17.4 Å². The van der Waals surface area contributed by atoms with E-state index in [1.165, 1.54) is 19.3 Å².